The van der Waals surface area contributed by atoms with E-state index >= 15 is 0 Å². The molecule has 1 N–H and O–H groups in total. The summed E-state index contributed by atoms with van der Waals surface area (Å²) in [6.45, 7) is 2.00. The third kappa shape index (κ3) is 26.2. The van der Waals surface area contributed by atoms with Crippen LogP contribution in [0.1, 0.15) is 110 Å². The average molecular weight is 497 g/mol. The summed E-state index contributed by atoms with van der Waals surface area (Å²) < 4.78 is 20.3. The fourth-order valence-corrected chi connectivity index (χ4v) is 3.73. The molecule has 0 bridgehead atoms. The number of hydrogen-bond acceptors (Lipinski definition) is 7. The largest absolute Gasteiger partial charge is 1.00 e. The molecule has 0 aromatic rings. The molecule has 0 rings (SSSR count). The van der Waals surface area contributed by atoms with E-state index in [-0.39, 0.29) is 65.7 Å². The minimum absolute atomic E-state index is 0. The summed E-state index contributed by atoms with van der Waals surface area (Å²) in [6, 6.07) is 0. The Morgan fingerprint density at radius 2 is 1.16 bits per heavy atom. The zero-order chi connectivity index (χ0) is 22.5. The number of aliphatic hydroxyl groups excluding tert-OH is 1. The summed E-state index contributed by atoms with van der Waals surface area (Å²) in [5, 5.41) is 19.7. The molecule has 180 valence electrons. The van der Waals surface area contributed by atoms with Crippen LogP contribution in [-0.2, 0) is 13.8 Å². The number of unbranched alkanes of at least 4 members (excludes halogenated alkanes) is 15. The summed E-state index contributed by atoms with van der Waals surface area (Å²) in [6.07, 6.45) is 19.5. The molecular formula is C22H43Na2O7P. The van der Waals surface area contributed by atoms with E-state index in [1.165, 1.54) is 83.5 Å². The molecule has 10 heteroatoms. The predicted octanol–water partition coefficient (Wildman–Crippen LogP) is -1.45. The Hall–Kier alpha value is 1.54. The van der Waals surface area contributed by atoms with E-state index < -0.39 is 26.0 Å². The molecule has 32 heavy (non-hydrogen) atoms. The van der Waals surface area contributed by atoms with E-state index in [2.05, 4.69) is 11.4 Å². The van der Waals surface area contributed by atoms with Gasteiger partial charge in [0.1, 0.15) is 11.8 Å². The zero-order valence-corrected chi connectivity index (χ0v) is 25.8. The van der Waals surface area contributed by atoms with Crippen LogP contribution >= 0.6 is 7.60 Å². The van der Waals surface area contributed by atoms with Gasteiger partial charge in [0.15, 0.2) is 7.60 Å². The molecule has 0 saturated carbocycles. The fraction of sp³-hybridized carbons (Fsp3) is 0.955. The Bertz CT molecular complexity index is 456. The van der Waals surface area contributed by atoms with Crippen LogP contribution in [0.15, 0.2) is 0 Å². The van der Waals surface area contributed by atoms with Crippen LogP contribution in [0.4, 0.5) is 4.79 Å². The minimum atomic E-state index is -5.06. The molecule has 0 saturated heterocycles. The molecule has 0 aliphatic heterocycles. The number of rotatable bonds is 23. The number of carboxylic acid groups (broad SMARTS) is 1. The van der Waals surface area contributed by atoms with Crippen molar-refractivity contribution in [3.8, 4) is 0 Å². The number of ether oxygens (including phenoxy) is 1. The normalized spacial score (nSPS) is 13.6. The molecule has 0 aromatic carbocycles. The summed E-state index contributed by atoms with van der Waals surface area (Å²) in [7, 11) is -5.06. The summed E-state index contributed by atoms with van der Waals surface area (Å²) in [5.74, 6) is 0. The van der Waals surface area contributed by atoms with E-state index in [1.54, 1.807) is 0 Å². The number of carbonyl (C=O) groups is 1. The van der Waals surface area contributed by atoms with Crippen molar-refractivity contribution < 1.29 is 92.8 Å². The van der Waals surface area contributed by atoms with E-state index in [9.17, 15) is 24.5 Å². The van der Waals surface area contributed by atoms with Crippen molar-refractivity contribution in [2.45, 2.75) is 116 Å². The first-order valence-corrected chi connectivity index (χ1v) is 13.4. The van der Waals surface area contributed by atoms with Gasteiger partial charge in [-0.2, -0.15) is 0 Å². The second kappa shape index (κ2) is 27.1. The maximum atomic E-state index is 10.9. The molecule has 0 aromatic heterocycles. The third-order valence-corrected chi connectivity index (χ3v) is 6.05. The third-order valence-electron chi connectivity index (χ3n) is 5.11. The van der Waals surface area contributed by atoms with Gasteiger partial charge in [-0.15, -0.1) is 0 Å². The van der Waals surface area contributed by atoms with E-state index in [0.717, 1.165) is 19.3 Å². The van der Waals surface area contributed by atoms with Gasteiger partial charge in [-0.1, -0.05) is 103 Å². The summed E-state index contributed by atoms with van der Waals surface area (Å²) in [4.78, 5) is 21.1. The molecule has 0 aliphatic carbocycles. The maximum Gasteiger partial charge on any atom is 1.00 e. The summed E-state index contributed by atoms with van der Waals surface area (Å²) in [5.41, 5.74) is -2.29. The van der Waals surface area contributed by atoms with Crippen molar-refractivity contribution in [1.29, 1.82) is 0 Å². The number of aliphatic hydroxyl groups is 1. The van der Waals surface area contributed by atoms with E-state index in [0.29, 0.717) is 6.61 Å². The number of hydrogen-bond donors (Lipinski definition) is 1. The minimum Gasteiger partial charge on any atom is -0.774 e. The van der Waals surface area contributed by atoms with Crippen molar-refractivity contribution in [1.82, 2.24) is 0 Å². The van der Waals surface area contributed by atoms with Gasteiger partial charge in [0.25, 0.3) is 0 Å². The van der Waals surface area contributed by atoms with Gasteiger partial charge in [-0.25, -0.2) is 0 Å². The van der Waals surface area contributed by atoms with Gasteiger partial charge >= 0.3 is 59.1 Å². The van der Waals surface area contributed by atoms with Crippen LogP contribution in [0.5, 0.6) is 0 Å². The quantitative estimate of drug-likeness (QED) is 0.104. The predicted molar refractivity (Wildman–Crippen MR) is 115 cm³/mol. The van der Waals surface area contributed by atoms with Crippen LogP contribution in [0.2, 0.25) is 0 Å². The Kier molecular flexibility index (Phi) is 32.3. The molecule has 7 nitrogen and oxygen atoms in total. The molecule has 1 unspecified atom stereocenters. The molecule has 0 fully saturated rings. The van der Waals surface area contributed by atoms with Gasteiger partial charge in [-0.05, 0) is 6.42 Å². The molecule has 0 aliphatic rings. The monoisotopic (exact) mass is 496 g/mol. The summed E-state index contributed by atoms with van der Waals surface area (Å²) >= 11 is 0. The topological polar surface area (TPSA) is 119 Å². The zero-order valence-electron chi connectivity index (χ0n) is 20.9. The van der Waals surface area contributed by atoms with Crippen LogP contribution in [0.25, 0.3) is 0 Å². The van der Waals surface area contributed by atoms with Crippen molar-refractivity contribution >= 4 is 13.3 Å². The van der Waals surface area contributed by atoms with Crippen molar-refractivity contribution in [3.05, 3.63) is 0 Å². The van der Waals surface area contributed by atoms with E-state index in [1.807, 2.05) is 0 Å². The Morgan fingerprint density at radius 3 is 1.53 bits per heavy atom. The second-order valence-electron chi connectivity index (χ2n) is 8.09. The van der Waals surface area contributed by atoms with Gasteiger partial charge < -0.3 is 33.7 Å². The van der Waals surface area contributed by atoms with Crippen LogP contribution < -0.4 is 69.1 Å². The van der Waals surface area contributed by atoms with Crippen LogP contribution in [-0.4, -0.2) is 36.7 Å². The Labute approximate surface area is 239 Å². The van der Waals surface area contributed by atoms with Gasteiger partial charge in [0.2, 0.25) is 0 Å². The van der Waals surface area contributed by atoms with Gasteiger partial charge in [-0.3, -0.25) is 0 Å². The fourth-order valence-electron chi connectivity index (χ4n) is 3.26. The molecule has 0 amide bonds. The molecule has 0 spiro atoms. The Balaban J connectivity index is -0.00000420. The van der Waals surface area contributed by atoms with Crippen LogP contribution in [0, 0.1) is 0 Å². The first kappa shape index (κ1) is 38.1. The number of carbonyl (C=O) groups excluding carboxylic acids is 1. The second-order valence-corrected chi connectivity index (χ2v) is 9.71. The Morgan fingerprint density at radius 1 is 0.781 bits per heavy atom. The van der Waals surface area contributed by atoms with Crippen molar-refractivity contribution in [2.24, 2.45) is 0 Å². The molecule has 0 radical (unpaired) electrons. The smallest absolute Gasteiger partial charge is 0.774 e. The first-order chi connectivity index (χ1) is 14.4. The van der Waals surface area contributed by atoms with E-state index in [4.69, 9.17) is 4.74 Å². The average Bonchev–Trinajstić information content (AvgIpc) is 2.71. The first-order valence-electron chi connectivity index (χ1n) is 11.8. The molecule has 2 atom stereocenters. The van der Waals surface area contributed by atoms with Gasteiger partial charge in [0, 0.05) is 6.61 Å². The molecule has 0 heterocycles. The SMILES string of the molecule is CCCCCCCCCCCCCCCCCCOC[C@@H](O)COP(=O)([O-])C(=O)[O-].[Na+].[Na+]. The molecular weight excluding hydrogens is 453 g/mol. The van der Waals surface area contributed by atoms with Crippen molar-refractivity contribution in [2.75, 3.05) is 19.8 Å². The van der Waals surface area contributed by atoms with Crippen molar-refractivity contribution in [3.63, 3.8) is 0 Å². The standard InChI is InChI=1S/C22H45O7P.2Na/c1-2-3-4-5-6-7-8-9-10-11-12-13-14-15-16-17-18-28-19-21(23)20-29-30(26,27)22(24)25;;/h21,23H,2-20H2,1H3,(H,24,25)(H,26,27);;/q;2*+1/p-2/t21-;;/m1../s1. The van der Waals surface area contributed by atoms with Crippen LogP contribution in [0.3, 0.4) is 0 Å². The van der Waals surface area contributed by atoms with Gasteiger partial charge in [0.05, 0.1) is 13.2 Å². The maximum absolute atomic E-state index is 10.9.